The molecule has 0 amide bonds. The Bertz CT molecular complexity index is 1530. The lowest BCUT2D eigenvalue weighted by Gasteiger charge is -2.39. The summed E-state index contributed by atoms with van der Waals surface area (Å²) in [5.74, 6) is 2.39. The lowest BCUT2D eigenvalue weighted by atomic mass is 9.65. The van der Waals surface area contributed by atoms with Crippen LogP contribution in [0.5, 0.6) is 11.5 Å². The number of hydrogen-bond donors (Lipinski definition) is 0. The first-order valence-corrected chi connectivity index (χ1v) is 18.6. The molecule has 2 unspecified atom stereocenters. The molecule has 4 aromatic carbocycles. The van der Waals surface area contributed by atoms with Crippen LogP contribution < -0.4 is 9.47 Å². The predicted octanol–water partition coefficient (Wildman–Crippen LogP) is 11.7. The van der Waals surface area contributed by atoms with Crippen molar-refractivity contribution in [3.63, 3.8) is 0 Å². The largest absolute Gasteiger partial charge is 0.485 e. The summed E-state index contributed by atoms with van der Waals surface area (Å²) < 4.78 is 11.8. The van der Waals surface area contributed by atoms with Crippen molar-refractivity contribution in [1.29, 1.82) is 0 Å². The van der Waals surface area contributed by atoms with Crippen LogP contribution >= 0.6 is 0 Å². The SMILES string of the molecule is CCCCC(CC)CC1(CC(CC)CCCC)c2cc(C(=O)COc3ccccc3)ccc2-c2ccc(C(=O)COc3ccccc3)cc21. The Balaban J connectivity index is 1.58. The van der Waals surface area contributed by atoms with Crippen molar-refractivity contribution in [2.75, 3.05) is 13.2 Å². The Morgan fingerprint density at radius 2 is 0.980 bits per heavy atom. The van der Waals surface area contributed by atoms with Gasteiger partial charge in [0.15, 0.2) is 24.8 Å². The number of benzene rings is 4. The van der Waals surface area contributed by atoms with Crippen LogP contribution in [-0.2, 0) is 5.41 Å². The van der Waals surface area contributed by atoms with Gasteiger partial charge in [-0.15, -0.1) is 0 Å². The molecule has 1 aliphatic carbocycles. The number of rotatable bonds is 20. The summed E-state index contributed by atoms with van der Waals surface area (Å²) in [6.45, 7) is 9.16. The van der Waals surface area contributed by atoms with Gasteiger partial charge < -0.3 is 9.47 Å². The maximum absolute atomic E-state index is 13.7. The van der Waals surface area contributed by atoms with E-state index >= 15 is 0 Å². The average molecular weight is 659 g/mol. The Hall–Kier alpha value is -4.18. The topological polar surface area (TPSA) is 52.6 Å². The number of fused-ring (bicyclic) bond motifs is 3. The van der Waals surface area contributed by atoms with Gasteiger partial charge in [0.05, 0.1) is 0 Å². The van der Waals surface area contributed by atoms with Crippen molar-refractivity contribution in [3.05, 3.63) is 119 Å². The van der Waals surface area contributed by atoms with E-state index in [9.17, 15) is 9.59 Å². The summed E-state index contributed by atoms with van der Waals surface area (Å²) in [6.07, 6.45) is 11.3. The lowest BCUT2D eigenvalue weighted by Crippen LogP contribution is -2.32. The molecule has 0 radical (unpaired) electrons. The van der Waals surface area contributed by atoms with Crippen LogP contribution in [0.4, 0.5) is 0 Å². The first kappa shape index (κ1) is 36.1. The maximum Gasteiger partial charge on any atom is 0.200 e. The Labute approximate surface area is 294 Å². The summed E-state index contributed by atoms with van der Waals surface area (Å²) in [5.41, 5.74) is 5.91. The molecule has 258 valence electrons. The van der Waals surface area contributed by atoms with Gasteiger partial charge in [0.2, 0.25) is 0 Å². The van der Waals surface area contributed by atoms with Gasteiger partial charge >= 0.3 is 0 Å². The highest BCUT2D eigenvalue weighted by Gasteiger charge is 2.46. The average Bonchev–Trinajstić information content (AvgIpc) is 3.41. The third kappa shape index (κ3) is 8.71. The van der Waals surface area contributed by atoms with Crippen LogP contribution in [0, 0.1) is 11.8 Å². The molecular weight excluding hydrogens is 604 g/mol. The van der Waals surface area contributed by atoms with Gasteiger partial charge in [0.1, 0.15) is 11.5 Å². The normalized spacial score (nSPS) is 14.0. The molecule has 4 aromatic rings. The van der Waals surface area contributed by atoms with Crippen molar-refractivity contribution in [2.24, 2.45) is 11.8 Å². The number of hydrogen-bond acceptors (Lipinski definition) is 4. The molecule has 0 saturated heterocycles. The quantitative estimate of drug-likeness (QED) is 0.0887. The molecule has 4 heteroatoms. The fourth-order valence-corrected chi connectivity index (χ4v) is 7.74. The molecule has 0 heterocycles. The van der Waals surface area contributed by atoms with Gasteiger partial charge in [-0.05, 0) is 83.3 Å². The number of Topliss-reactive ketones (excluding diaryl/α,β-unsaturated/α-hetero) is 2. The van der Waals surface area contributed by atoms with E-state index in [1.54, 1.807) is 0 Å². The van der Waals surface area contributed by atoms with Crippen LogP contribution in [0.2, 0.25) is 0 Å². The first-order valence-electron chi connectivity index (χ1n) is 18.6. The summed E-state index contributed by atoms with van der Waals surface area (Å²) >= 11 is 0. The Morgan fingerprint density at radius 1 is 0.571 bits per heavy atom. The number of carbonyl (C=O) groups is 2. The molecule has 49 heavy (non-hydrogen) atoms. The van der Waals surface area contributed by atoms with Crippen molar-refractivity contribution in [2.45, 2.75) is 97.3 Å². The summed E-state index contributed by atoms with van der Waals surface area (Å²) in [7, 11) is 0. The molecule has 0 fully saturated rings. The number of unbranched alkanes of at least 4 members (excludes halogenated alkanes) is 2. The van der Waals surface area contributed by atoms with Gasteiger partial charge in [-0.25, -0.2) is 0 Å². The minimum Gasteiger partial charge on any atom is -0.485 e. The fourth-order valence-electron chi connectivity index (χ4n) is 7.74. The Kier molecular flexibility index (Phi) is 12.9. The van der Waals surface area contributed by atoms with Crippen LogP contribution in [0.1, 0.15) is 124 Å². The molecule has 2 atom stereocenters. The van der Waals surface area contributed by atoms with E-state index in [4.69, 9.17) is 9.47 Å². The third-order valence-corrected chi connectivity index (χ3v) is 10.6. The monoisotopic (exact) mass is 658 g/mol. The summed E-state index contributed by atoms with van der Waals surface area (Å²) in [4.78, 5) is 27.4. The highest BCUT2D eigenvalue weighted by atomic mass is 16.5. The van der Waals surface area contributed by atoms with Crippen molar-refractivity contribution in [1.82, 2.24) is 0 Å². The van der Waals surface area contributed by atoms with Gasteiger partial charge in [0, 0.05) is 16.5 Å². The molecule has 0 N–H and O–H groups in total. The first-order chi connectivity index (χ1) is 23.9. The van der Waals surface area contributed by atoms with Crippen LogP contribution in [0.15, 0.2) is 97.1 Å². The number of ketones is 2. The van der Waals surface area contributed by atoms with Crippen LogP contribution in [-0.4, -0.2) is 24.8 Å². The number of para-hydroxylation sites is 2. The molecule has 0 aromatic heterocycles. The van der Waals surface area contributed by atoms with E-state index < -0.39 is 0 Å². The predicted molar refractivity (Wildman–Crippen MR) is 201 cm³/mol. The van der Waals surface area contributed by atoms with Crippen molar-refractivity contribution in [3.8, 4) is 22.6 Å². The van der Waals surface area contributed by atoms with Crippen molar-refractivity contribution < 1.29 is 19.1 Å². The second-order valence-corrected chi connectivity index (χ2v) is 13.9. The molecule has 0 spiro atoms. The maximum atomic E-state index is 13.7. The molecule has 0 aliphatic heterocycles. The van der Waals surface area contributed by atoms with E-state index in [-0.39, 0.29) is 30.2 Å². The minimum atomic E-state index is -0.305. The molecule has 0 saturated carbocycles. The molecule has 1 aliphatic rings. The third-order valence-electron chi connectivity index (χ3n) is 10.6. The summed E-state index contributed by atoms with van der Waals surface area (Å²) in [5, 5.41) is 0. The van der Waals surface area contributed by atoms with Crippen molar-refractivity contribution >= 4 is 11.6 Å². The molecular formula is C45H54O4. The van der Waals surface area contributed by atoms with Gasteiger partial charge in [-0.2, -0.15) is 0 Å². The van der Waals surface area contributed by atoms with E-state index in [0.717, 1.165) is 25.7 Å². The zero-order valence-electron chi connectivity index (χ0n) is 30.0. The standard InChI is InChI=1S/C45H54O4/c1-5-9-17-33(7-3)29-45(30-34(8-4)18-10-6-2)41-27-35(43(46)31-48-37-19-13-11-14-20-37)23-25-39(41)40-26-24-36(28-42(40)45)44(47)32-49-38-21-15-12-16-22-38/h11-16,19-28,33-34H,5-10,17-18,29-32H2,1-4H3. The zero-order valence-corrected chi connectivity index (χ0v) is 30.0. The number of ether oxygens (including phenoxy) is 2. The van der Waals surface area contributed by atoms with E-state index in [1.807, 2.05) is 72.8 Å². The van der Waals surface area contributed by atoms with E-state index in [2.05, 4.69) is 52.0 Å². The second-order valence-electron chi connectivity index (χ2n) is 13.9. The lowest BCUT2D eigenvalue weighted by molar-refractivity contribution is 0.0915. The Morgan fingerprint density at radius 3 is 1.35 bits per heavy atom. The second kappa shape index (κ2) is 17.5. The van der Waals surface area contributed by atoms with Gasteiger partial charge in [-0.1, -0.05) is 140 Å². The molecule has 5 rings (SSSR count). The zero-order chi connectivity index (χ0) is 34.6. The van der Waals surface area contributed by atoms with E-state index in [0.29, 0.717) is 34.5 Å². The van der Waals surface area contributed by atoms with Gasteiger partial charge in [-0.3, -0.25) is 9.59 Å². The highest BCUT2D eigenvalue weighted by molar-refractivity contribution is 6.00. The molecule has 0 bridgehead atoms. The van der Waals surface area contributed by atoms with E-state index in [1.165, 1.54) is 60.8 Å². The fraction of sp³-hybridized carbons (Fsp3) is 0.422. The smallest absolute Gasteiger partial charge is 0.200 e. The number of carbonyl (C=O) groups excluding carboxylic acids is 2. The minimum absolute atomic E-state index is 0.00895. The molecule has 4 nitrogen and oxygen atoms in total. The van der Waals surface area contributed by atoms with Crippen LogP contribution in [0.3, 0.4) is 0 Å². The van der Waals surface area contributed by atoms with Crippen LogP contribution in [0.25, 0.3) is 11.1 Å². The van der Waals surface area contributed by atoms with Gasteiger partial charge in [0.25, 0.3) is 0 Å². The summed E-state index contributed by atoms with van der Waals surface area (Å²) in [6, 6.07) is 31.6. The highest BCUT2D eigenvalue weighted by Crippen LogP contribution is 2.56.